The van der Waals surface area contributed by atoms with Gasteiger partial charge in [-0.05, 0) is 47.5 Å². The summed E-state index contributed by atoms with van der Waals surface area (Å²) in [5.41, 5.74) is 9.10. The van der Waals surface area contributed by atoms with Gasteiger partial charge < -0.3 is 4.74 Å². The van der Waals surface area contributed by atoms with Gasteiger partial charge in [-0.2, -0.15) is 13.7 Å². The lowest BCUT2D eigenvalue weighted by Crippen LogP contribution is -2.06. The lowest BCUT2D eigenvalue weighted by molar-refractivity contribution is 0.339. The topological polar surface area (TPSA) is 138 Å². The summed E-state index contributed by atoms with van der Waals surface area (Å²) in [6.45, 7) is 0.103. The third-order valence-corrected chi connectivity index (χ3v) is 4.34. The fourth-order valence-corrected chi connectivity index (χ4v) is 2.62. The average Bonchev–Trinajstić information content (AvgIpc) is 2.67. The zero-order chi connectivity index (χ0) is 19.0. The van der Waals surface area contributed by atoms with Crippen LogP contribution < -0.4 is 4.74 Å². The summed E-state index contributed by atoms with van der Waals surface area (Å²) in [6, 6.07) is 13.7. The molecule has 2 aromatic carbocycles. The fraction of sp³-hybridized carbons (Fsp3) is 0.125. The first-order chi connectivity index (χ1) is 12.5. The fourth-order valence-electron chi connectivity index (χ4n) is 1.89. The molecule has 0 heterocycles. The van der Waals surface area contributed by atoms with Gasteiger partial charge in [-0.1, -0.05) is 22.4 Å². The van der Waals surface area contributed by atoms with Gasteiger partial charge in [-0.25, -0.2) is 0 Å². The highest BCUT2D eigenvalue weighted by Crippen LogP contribution is 2.16. The van der Waals surface area contributed by atoms with Gasteiger partial charge in [-0.15, -0.1) is 0 Å². The van der Waals surface area contributed by atoms with E-state index in [9.17, 15) is 8.42 Å². The molecule has 0 fully saturated rings. The number of benzene rings is 2. The summed E-state index contributed by atoms with van der Waals surface area (Å²) in [4.78, 5) is 2.49. The number of nitriles is 1. The summed E-state index contributed by atoms with van der Waals surface area (Å²) >= 11 is 0. The van der Waals surface area contributed by atoms with Crippen molar-refractivity contribution in [3.63, 3.8) is 0 Å². The Hall–Kier alpha value is -3.54. The normalized spacial score (nSPS) is 11.2. The molecule has 0 aliphatic rings. The molecule has 0 unspecified atom stereocenters. The molecule has 9 nitrogen and oxygen atoms in total. The Morgan fingerprint density at radius 2 is 1.85 bits per heavy atom. The van der Waals surface area contributed by atoms with Gasteiger partial charge in [0.2, 0.25) is 0 Å². The van der Waals surface area contributed by atoms with Crippen LogP contribution in [0, 0.1) is 11.3 Å². The van der Waals surface area contributed by atoms with E-state index < -0.39 is 10.1 Å². The number of oxime groups is 1. The van der Waals surface area contributed by atoms with Crippen molar-refractivity contribution in [2.24, 2.45) is 10.3 Å². The van der Waals surface area contributed by atoms with E-state index in [1.165, 1.54) is 31.4 Å². The molecular formula is C16H13N5O4S. The van der Waals surface area contributed by atoms with E-state index in [-0.39, 0.29) is 17.2 Å². The second kappa shape index (κ2) is 8.53. The lowest BCUT2D eigenvalue weighted by Gasteiger charge is -2.04. The Morgan fingerprint density at radius 1 is 1.19 bits per heavy atom. The highest BCUT2D eigenvalue weighted by molar-refractivity contribution is 7.86. The average molecular weight is 371 g/mol. The van der Waals surface area contributed by atoms with Gasteiger partial charge in [0.05, 0.1) is 13.7 Å². The first-order valence-corrected chi connectivity index (χ1v) is 8.57. The molecule has 2 aromatic rings. The number of azide groups is 1. The largest absolute Gasteiger partial charge is 0.497 e. The predicted molar refractivity (Wildman–Crippen MR) is 92.7 cm³/mol. The molecule has 0 N–H and O–H groups in total. The number of ether oxygens (including phenoxy) is 1. The predicted octanol–water partition coefficient (Wildman–Crippen LogP) is 3.14. The molecule has 0 aromatic heterocycles. The molecule has 0 bridgehead atoms. The first-order valence-electron chi connectivity index (χ1n) is 7.16. The van der Waals surface area contributed by atoms with E-state index in [2.05, 4.69) is 19.5 Å². The Labute approximate surface area is 149 Å². The molecule has 2 rings (SSSR count). The standard InChI is InChI=1S/C16H13N5O4S/c1-24-14-6-4-13(5-7-14)16(10-17)20-25-26(22,23)15-8-2-12(3-9-15)11-19-21-18/h2-9H,11H2,1H3/b20-16+. The van der Waals surface area contributed by atoms with Crippen LogP contribution in [0.3, 0.4) is 0 Å². The minimum absolute atomic E-state index is 0.103. The number of hydrogen-bond donors (Lipinski definition) is 0. The summed E-state index contributed by atoms with van der Waals surface area (Å²) < 4.78 is 34.0. The van der Waals surface area contributed by atoms with Crippen LogP contribution >= 0.6 is 0 Å². The van der Waals surface area contributed by atoms with Crippen LogP contribution in [0.1, 0.15) is 11.1 Å². The molecule has 0 amide bonds. The van der Waals surface area contributed by atoms with Crippen molar-refractivity contribution in [2.45, 2.75) is 11.4 Å². The van der Waals surface area contributed by atoms with Crippen LogP contribution in [-0.4, -0.2) is 21.2 Å². The Balaban J connectivity index is 2.19. The molecule has 10 heteroatoms. The third kappa shape index (κ3) is 4.73. The van der Waals surface area contributed by atoms with Gasteiger partial charge in [0, 0.05) is 10.5 Å². The summed E-state index contributed by atoms with van der Waals surface area (Å²) in [5, 5.41) is 16.0. The van der Waals surface area contributed by atoms with Crippen molar-refractivity contribution in [3.05, 3.63) is 70.1 Å². The number of rotatable bonds is 7. The Bertz CT molecular complexity index is 986. The second-order valence-corrected chi connectivity index (χ2v) is 6.37. The zero-order valence-electron chi connectivity index (χ0n) is 13.6. The van der Waals surface area contributed by atoms with E-state index in [1.54, 1.807) is 30.3 Å². The zero-order valence-corrected chi connectivity index (χ0v) is 14.4. The van der Waals surface area contributed by atoms with E-state index in [0.29, 0.717) is 16.9 Å². The van der Waals surface area contributed by atoms with Gasteiger partial charge in [-0.3, -0.25) is 4.28 Å². The van der Waals surface area contributed by atoms with Crippen LogP contribution in [0.15, 0.2) is 63.7 Å². The number of nitrogens with zero attached hydrogens (tertiary/aromatic N) is 5. The Kier molecular flexibility index (Phi) is 6.16. The van der Waals surface area contributed by atoms with E-state index in [4.69, 9.17) is 15.5 Å². The van der Waals surface area contributed by atoms with Crippen LogP contribution in [0.5, 0.6) is 5.75 Å². The summed E-state index contributed by atoms with van der Waals surface area (Å²) in [7, 11) is -2.69. The van der Waals surface area contributed by atoms with Crippen molar-refractivity contribution in [1.29, 1.82) is 5.26 Å². The third-order valence-electron chi connectivity index (χ3n) is 3.22. The maximum Gasteiger partial charge on any atom is 0.358 e. The lowest BCUT2D eigenvalue weighted by atomic mass is 10.1. The van der Waals surface area contributed by atoms with Gasteiger partial charge >= 0.3 is 10.1 Å². The summed E-state index contributed by atoms with van der Waals surface area (Å²) in [5.74, 6) is 0.584. The van der Waals surface area contributed by atoms with Crippen LogP contribution in [0.25, 0.3) is 10.4 Å². The number of hydrogen-bond acceptors (Lipinski definition) is 7. The van der Waals surface area contributed by atoms with E-state index in [1.807, 2.05) is 0 Å². The molecule has 132 valence electrons. The van der Waals surface area contributed by atoms with Gasteiger partial charge in [0.1, 0.15) is 16.7 Å². The highest BCUT2D eigenvalue weighted by Gasteiger charge is 2.16. The molecule has 0 aliphatic heterocycles. The van der Waals surface area contributed by atoms with Crippen LogP contribution in [0.4, 0.5) is 0 Å². The molecule has 0 spiro atoms. The van der Waals surface area contributed by atoms with E-state index >= 15 is 0 Å². The molecule has 0 saturated heterocycles. The van der Waals surface area contributed by atoms with Crippen LogP contribution in [0.2, 0.25) is 0 Å². The smallest absolute Gasteiger partial charge is 0.358 e. The molecule has 0 atom stereocenters. The summed E-state index contributed by atoms with van der Waals surface area (Å²) in [6.07, 6.45) is 0. The quantitative estimate of drug-likeness (QED) is 0.242. The maximum absolute atomic E-state index is 12.2. The van der Waals surface area contributed by atoms with Crippen molar-refractivity contribution in [3.8, 4) is 11.8 Å². The monoisotopic (exact) mass is 371 g/mol. The maximum atomic E-state index is 12.2. The minimum atomic E-state index is -4.19. The minimum Gasteiger partial charge on any atom is -0.497 e. The molecule has 26 heavy (non-hydrogen) atoms. The van der Waals surface area contributed by atoms with Crippen molar-refractivity contribution >= 4 is 15.8 Å². The van der Waals surface area contributed by atoms with E-state index in [0.717, 1.165) is 0 Å². The number of methoxy groups -OCH3 is 1. The molecule has 0 radical (unpaired) electrons. The van der Waals surface area contributed by atoms with Crippen molar-refractivity contribution in [2.75, 3.05) is 7.11 Å². The van der Waals surface area contributed by atoms with Gasteiger partial charge in [0.25, 0.3) is 0 Å². The highest BCUT2D eigenvalue weighted by atomic mass is 32.2. The SMILES string of the molecule is COc1ccc(/C(C#N)=N/OS(=O)(=O)c2ccc(CN=[N+]=[N-])cc2)cc1. The Morgan fingerprint density at radius 3 is 2.38 bits per heavy atom. The first kappa shape index (κ1) is 18.8. The van der Waals surface area contributed by atoms with Crippen LogP contribution in [-0.2, 0) is 20.9 Å². The molecular weight excluding hydrogens is 358 g/mol. The molecule has 0 saturated carbocycles. The second-order valence-electron chi connectivity index (χ2n) is 4.84. The molecule has 0 aliphatic carbocycles. The van der Waals surface area contributed by atoms with Gasteiger partial charge in [0.15, 0.2) is 5.71 Å². The van der Waals surface area contributed by atoms with Crippen molar-refractivity contribution in [1.82, 2.24) is 0 Å². The van der Waals surface area contributed by atoms with Crippen molar-refractivity contribution < 1.29 is 17.4 Å².